The second-order valence-corrected chi connectivity index (χ2v) is 2.72. The van der Waals surface area contributed by atoms with Crippen LogP contribution < -0.4 is 0 Å². The van der Waals surface area contributed by atoms with Crippen LogP contribution in [0.3, 0.4) is 0 Å². The number of aromatic nitrogens is 2. The standard InChI is InChI=1S/C10H6F2N2/c11-7-1-2-9(12)8(5-7)10-3-4-13-6-14-10/h1-6H. The van der Waals surface area contributed by atoms with Crippen molar-refractivity contribution in [1.82, 2.24) is 9.97 Å². The van der Waals surface area contributed by atoms with Gasteiger partial charge in [-0.15, -0.1) is 0 Å². The molecule has 1 aromatic heterocycles. The average Bonchev–Trinajstić information content (AvgIpc) is 2.23. The zero-order chi connectivity index (χ0) is 9.97. The van der Waals surface area contributed by atoms with E-state index in [1.807, 2.05) is 0 Å². The minimum absolute atomic E-state index is 0.146. The summed E-state index contributed by atoms with van der Waals surface area (Å²) in [6.45, 7) is 0. The lowest BCUT2D eigenvalue weighted by Gasteiger charge is -2.01. The molecule has 2 nitrogen and oxygen atoms in total. The van der Waals surface area contributed by atoms with Crippen molar-refractivity contribution in [1.29, 1.82) is 0 Å². The molecule has 0 unspecified atom stereocenters. The van der Waals surface area contributed by atoms with Crippen LogP contribution in [-0.4, -0.2) is 9.97 Å². The first-order valence-corrected chi connectivity index (χ1v) is 3.99. The van der Waals surface area contributed by atoms with Crippen LogP contribution in [0.1, 0.15) is 0 Å². The Balaban J connectivity index is 2.57. The molecule has 0 N–H and O–H groups in total. The Labute approximate surface area is 79.3 Å². The predicted molar refractivity (Wildman–Crippen MR) is 47.4 cm³/mol. The van der Waals surface area contributed by atoms with Crippen molar-refractivity contribution >= 4 is 0 Å². The number of nitrogens with zero attached hydrogens (tertiary/aromatic N) is 2. The van der Waals surface area contributed by atoms with E-state index >= 15 is 0 Å². The molecule has 0 saturated heterocycles. The van der Waals surface area contributed by atoms with Gasteiger partial charge in [-0.2, -0.15) is 0 Å². The van der Waals surface area contributed by atoms with E-state index in [4.69, 9.17) is 0 Å². The van der Waals surface area contributed by atoms with Crippen LogP contribution in [0, 0.1) is 11.6 Å². The molecule has 4 heteroatoms. The number of rotatable bonds is 1. The molecule has 0 amide bonds. The van der Waals surface area contributed by atoms with Crippen LogP contribution in [0.2, 0.25) is 0 Å². The number of benzene rings is 1. The van der Waals surface area contributed by atoms with E-state index in [2.05, 4.69) is 9.97 Å². The fourth-order valence-electron chi connectivity index (χ4n) is 1.14. The molecule has 2 aromatic rings. The molecule has 0 fully saturated rings. The molecule has 0 aliphatic heterocycles. The van der Waals surface area contributed by atoms with E-state index in [1.165, 1.54) is 18.6 Å². The van der Waals surface area contributed by atoms with E-state index in [0.29, 0.717) is 5.69 Å². The first-order valence-electron chi connectivity index (χ1n) is 3.99. The summed E-state index contributed by atoms with van der Waals surface area (Å²) < 4.78 is 26.1. The maximum absolute atomic E-state index is 13.2. The fraction of sp³-hybridized carbons (Fsp3) is 0. The van der Waals surface area contributed by atoms with E-state index < -0.39 is 11.6 Å². The third-order valence-electron chi connectivity index (χ3n) is 1.79. The fourth-order valence-corrected chi connectivity index (χ4v) is 1.14. The summed E-state index contributed by atoms with van der Waals surface area (Å²) in [5.41, 5.74) is 0.518. The highest BCUT2D eigenvalue weighted by Gasteiger charge is 2.06. The van der Waals surface area contributed by atoms with E-state index in [-0.39, 0.29) is 5.56 Å². The van der Waals surface area contributed by atoms with E-state index in [1.54, 1.807) is 0 Å². The van der Waals surface area contributed by atoms with Gasteiger partial charge in [0.05, 0.1) is 5.69 Å². The molecule has 0 aliphatic carbocycles. The molecule has 1 aromatic carbocycles. The molecule has 70 valence electrons. The van der Waals surface area contributed by atoms with Gasteiger partial charge in [0.25, 0.3) is 0 Å². The van der Waals surface area contributed by atoms with Gasteiger partial charge in [0.1, 0.15) is 18.0 Å². The summed E-state index contributed by atoms with van der Waals surface area (Å²) >= 11 is 0. The largest absolute Gasteiger partial charge is 0.245 e. The number of halogens is 2. The Morgan fingerprint density at radius 2 is 1.93 bits per heavy atom. The van der Waals surface area contributed by atoms with Gasteiger partial charge < -0.3 is 0 Å². The molecule has 14 heavy (non-hydrogen) atoms. The molecule has 0 atom stereocenters. The van der Waals surface area contributed by atoms with E-state index in [0.717, 1.165) is 18.2 Å². The van der Waals surface area contributed by atoms with Gasteiger partial charge in [-0.3, -0.25) is 0 Å². The maximum atomic E-state index is 13.2. The highest BCUT2D eigenvalue weighted by molar-refractivity contribution is 5.59. The lowest BCUT2D eigenvalue weighted by atomic mass is 10.1. The lowest BCUT2D eigenvalue weighted by Crippen LogP contribution is -1.89. The monoisotopic (exact) mass is 192 g/mol. The van der Waals surface area contributed by atoms with Gasteiger partial charge in [-0.05, 0) is 24.3 Å². The summed E-state index contributed by atoms with van der Waals surface area (Å²) in [6.07, 6.45) is 2.77. The van der Waals surface area contributed by atoms with E-state index in [9.17, 15) is 8.78 Å². The molecule has 0 aliphatic rings. The van der Waals surface area contributed by atoms with Crippen molar-refractivity contribution in [3.8, 4) is 11.3 Å². The summed E-state index contributed by atoms with van der Waals surface area (Å²) in [4.78, 5) is 7.53. The summed E-state index contributed by atoms with van der Waals surface area (Å²) in [5, 5.41) is 0. The number of hydrogen-bond donors (Lipinski definition) is 0. The van der Waals surface area contributed by atoms with Crippen LogP contribution >= 0.6 is 0 Å². The molecular formula is C10H6F2N2. The lowest BCUT2D eigenvalue weighted by molar-refractivity contribution is 0.602. The van der Waals surface area contributed by atoms with Crippen LogP contribution in [0.25, 0.3) is 11.3 Å². The van der Waals surface area contributed by atoms with Gasteiger partial charge in [0, 0.05) is 11.8 Å². The Morgan fingerprint density at radius 1 is 1.07 bits per heavy atom. The molecule has 0 spiro atoms. The Kier molecular flexibility index (Phi) is 2.18. The van der Waals surface area contributed by atoms with Crippen LogP contribution in [0.15, 0.2) is 36.8 Å². The molecule has 1 heterocycles. The Morgan fingerprint density at radius 3 is 2.64 bits per heavy atom. The normalized spacial score (nSPS) is 10.1. The minimum Gasteiger partial charge on any atom is -0.245 e. The Bertz CT molecular complexity index is 443. The van der Waals surface area contributed by atoms with Crippen molar-refractivity contribution in [3.05, 3.63) is 48.4 Å². The summed E-state index contributed by atoms with van der Waals surface area (Å²) in [7, 11) is 0. The van der Waals surface area contributed by atoms with Gasteiger partial charge >= 0.3 is 0 Å². The first-order chi connectivity index (χ1) is 6.77. The highest BCUT2D eigenvalue weighted by Crippen LogP contribution is 2.20. The third-order valence-corrected chi connectivity index (χ3v) is 1.79. The molecule has 0 bridgehead atoms. The average molecular weight is 192 g/mol. The maximum Gasteiger partial charge on any atom is 0.132 e. The van der Waals surface area contributed by atoms with Gasteiger partial charge in [-0.1, -0.05) is 0 Å². The smallest absolute Gasteiger partial charge is 0.132 e. The topological polar surface area (TPSA) is 25.8 Å². The van der Waals surface area contributed by atoms with Crippen LogP contribution in [-0.2, 0) is 0 Å². The van der Waals surface area contributed by atoms with Gasteiger partial charge in [-0.25, -0.2) is 18.7 Å². The predicted octanol–water partition coefficient (Wildman–Crippen LogP) is 2.42. The molecule has 0 saturated carbocycles. The van der Waals surface area contributed by atoms with Crippen molar-refractivity contribution in [3.63, 3.8) is 0 Å². The quantitative estimate of drug-likeness (QED) is 0.693. The van der Waals surface area contributed by atoms with Gasteiger partial charge in [0.15, 0.2) is 0 Å². The van der Waals surface area contributed by atoms with Crippen molar-refractivity contribution in [2.24, 2.45) is 0 Å². The molecule has 2 rings (SSSR count). The minimum atomic E-state index is -0.495. The first kappa shape index (κ1) is 8.74. The van der Waals surface area contributed by atoms with Crippen molar-refractivity contribution in [2.75, 3.05) is 0 Å². The Hall–Kier alpha value is -1.84. The second-order valence-electron chi connectivity index (χ2n) is 2.72. The van der Waals surface area contributed by atoms with Gasteiger partial charge in [0.2, 0.25) is 0 Å². The summed E-state index contributed by atoms with van der Waals surface area (Å²) in [5.74, 6) is -0.981. The van der Waals surface area contributed by atoms with Crippen LogP contribution in [0.4, 0.5) is 8.78 Å². The van der Waals surface area contributed by atoms with Crippen molar-refractivity contribution < 1.29 is 8.78 Å². The zero-order valence-electron chi connectivity index (χ0n) is 7.11. The SMILES string of the molecule is Fc1ccc(F)c(-c2ccncn2)c1. The van der Waals surface area contributed by atoms with Crippen LogP contribution in [0.5, 0.6) is 0 Å². The van der Waals surface area contributed by atoms with Crippen molar-refractivity contribution in [2.45, 2.75) is 0 Å². The molecule has 0 radical (unpaired) electrons. The zero-order valence-corrected chi connectivity index (χ0v) is 7.11. The second kappa shape index (κ2) is 3.49. The molecular weight excluding hydrogens is 186 g/mol. The highest BCUT2D eigenvalue weighted by atomic mass is 19.1. The third kappa shape index (κ3) is 1.59. The summed E-state index contributed by atoms with van der Waals surface area (Å²) in [6, 6.07) is 4.78. The number of hydrogen-bond acceptors (Lipinski definition) is 2.